The minimum atomic E-state index is 0.498. The van der Waals surface area contributed by atoms with Crippen LogP contribution >= 0.6 is 27.3 Å². The molecule has 0 aliphatic rings. The van der Waals surface area contributed by atoms with Gasteiger partial charge in [0.1, 0.15) is 5.01 Å². The predicted octanol–water partition coefficient (Wildman–Crippen LogP) is 5.31. The molecule has 0 unspecified atom stereocenters. The van der Waals surface area contributed by atoms with Gasteiger partial charge in [-0.3, -0.25) is 0 Å². The lowest BCUT2D eigenvalue weighted by Gasteiger charge is -2.05. The summed E-state index contributed by atoms with van der Waals surface area (Å²) in [6, 6.07) is 4.39. The average Bonchev–Trinajstić information content (AvgIpc) is 2.74. The molecule has 1 aromatic heterocycles. The molecule has 2 rings (SSSR count). The molecule has 2 aromatic rings. The largest absolute Gasteiger partial charge is 0.241 e. The summed E-state index contributed by atoms with van der Waals surface area (Å²) in [6.45, 7) is 8.60. The first kappa shape index (κ1) is 12.8. The zero-order valence-corrected chi connectivity index (χ0v) is 12.9. The second-order valence-electron chi connectivity index (χ2n) is 4.66. The van der Waals surface area contributed by atoms with Gasteiger partial charge in [0.15, 0.2) is 0 Å². The van der Waals surface area contributed by atoms with Crippen molar-refractivity contribution >= 4 is 27.3 Å². The Morgan fingerprint density at radius 1 is 1.18 bits per heavy atom. The summed E-state index contributed by atoms with van der Waals surface area (Å²) >= 11 is 5.33. The van der Waals surface area contributed by atoms with Crippen molar-refractivity contribution in [1.29, 1.82) is 0 Å². The highest BCUT2D eigenvalue weighted by atomic mass is 79.9. The van der Waals surface area contributed by atoms with Gasteiger partial charge in [-0.1, -0.05) is 29.8 Å². The third-order valence-electron chi connectivity index (χ3n) is 2.80. The Morgan fingerprint density at radius 2 is 1.76 bits per heavy atom. The van der Waals surface area contributed by atoms with E-state index in [2.05, 4.69) is 61.1 Å². The fourth-order valence-corrected chi connectivity index (χ4v) is 2.95. The van der Waals surface area contributed by atoms with E-state index >= 15 is 0 Å². The van der Waals surface area contributed by atoms with Crippen molar-refractivity contribution in [2.75, 3.05) is 0 Å². The van der Waals surface area contributed by atoms with Gasteiger partial charge in [0.2, 0.25) is 0 Å². The van der Waals surface area contributed by atoms with Crippen LogP contribution in [0.1, 0.15) is 36.6 Å². The van der Waals surface area contributed by atoms with E-state index in [-0.39, 0.29) is 0 Å². The molecule has 90 valence electrons. The van der Waals surface area contributed by atoms with E-state index in [4.69, 9.17) is 4.98 Å². The molecule has 1 heterocycles. The summed E-state index contributed by atoms with van der Waals surface area (Å²) in [7, 11) is 0. The Labute approximate surface area is 115 Å². The van der Waals surface area contributed by atoms with Crippen molar-refractivity contribution in [1.82, 2.24) is 4.98 Å². The molecule has 0 N–H and O–H groups in total. The molecule has 1 nitrogen and oxygen atoms in total. The second kappa shape index (κ2) is 4.91. The lowest BCUT2D eigenvalue weighted by atomic mass is 10.1. The molecular weight excluding hydrogens is 294 g/mol. The summed E-state index contributed by atoms with van der Waals surface area (Å²) in [5.74, 6) is 0.498. The molecular formula is C14H16BrNS. The van der Waals surface area contributed by atoms with Crippen LogP contribution in [-0.2, 0) is 0 Å². The summed E-state index contributed by atoms with van der Waals surface area (Å²) in [5.41, 5.74) is 4.94. The molecule has 1 aromatic carbocycles. The number of halogens is 1. The van der Waals surface area contributed by atoms with Crippen molar-refractivity contribution in [3.8, 4) is 10.6 Å². The number of nitrogens with zero attached hydrogens (tertiary/aromatic N) is 1. The first-order chi connectivity index (χ1) is 7.99. The number of rotatable bonds is 2. The van der Waals surface area contributed by atoms with Crippen LogP contribution in [0.15, 0.2) is 22.0 Å². The van der Waals surface area contributed by atoms with Crippen LogP contribution in [0.4, 0.5) is 0 Å². The van der Waals surface area contributed by atoms with Crippen molar-refractivity contribution < 1.29 is 0 Å². The first-order valence-corrected chi connectivity index (χ1v) is 7.39. The van der Waals surface area contributed by atoms with Crippen molar-refractivity contribution in [3.63, 3.8) is 0 Å². The summed E-state index contributed by atoms with van der Waals surface area (Å²) in [6.07, 6.45) is 0. The maximum Gasteiger partial charge on any atom is 0.123 e. The highest BCUT2D eigenvalue weighted by Crippen LogP contribution is 2.31. The third-order valence-corrected chi connectivity index (χ3v) is 4.96. The summed E-state index contributed by atoms with van der Waals surface area (Å²) in [5, 5.41) is 3.28. The lowest BCUT2D eigenvalue weighted by Crippen LogP contribution is -1.88. The second-order valence-corrected chi connectivity index (χ2v) is 6.31. The van der Waals surface area contributed by atoms with Crippen LogP contribution in [0.5, 0.6) is 0 Å². The monoisotopic (exact) mass is 309 g/mol. The predicted molar refractivity (Wildman–Crippen MR) is 78.8 cm³/mol. The Kier molecular flexibility index (Phi) is 3.69. The lowest BCUT2D eigenvalue weighted by molar-refractivity contribution is 0.834. The Balaban J connectivity index is 2.46. The van der Waals surface area contributed by atoms with Gasteiger partial charge in [-0.05, 0) is 43.0 Å². The highest BCUT2D eigenvalue weighted by molar-refractivity contribution is 9.10. The minimum absolute atomic E-state index is 0.498. The van der Waals surface area contributed by atoms with Crippen LogP contribution in [0, 0.1) is 13.8 Å². The van der Waals surface area contributed by atoms with Crippen LogP contribution in [0.25, 0.3) is 10.6 Å². The van der Waals surface area contributed by atoms with Crippen LogP contribution in [0.2, 0.25) is 0 Å². The van der Waals surface area contributed by atoms with Crippen molar-refractivity contribution in [2.24, 2.45) is 0 Å². The van der Waals surface area contributed by atoms with E-state index in [1.807, 2.05) is 0 Å². The minimum Gasteiger partial charge on any atom is -0.241 e. The zero-order chi connectivity index (χ0) is 12.6. The summed E-state index contributed by atoms with van der Waals surface area (Å²) < 4.78 is 1.20. The molecule has 3 heteroatoms. The van der Waals surface area contributed by atoms with Crippen LogP contribution in [0.3, 0.4) is 0 Å². The van der Waals surface area contributed by atoms with Gasteiger partial charge in [-0.2, -0.15) is 0 Å². The van der Waals surface area contributed by atoms with Crippen LogP contribution in [-0.4, -0.2) is 4.98 Å². The van der Waals surface area contributed by atoms with E-state index in [9.17, 15) is 0 Å². The Bertz CT molecular complexity index is 520. The third kappa shape index (κ3) is 2.61. The number of thiazole rings is 1. The number of aryl methyl sites for hydroxylation is 2. The standard InChI is InChI=1S/C14H16BrNS/c1-8(2)12-7-17-14(16-12)11-5-9(3)13(15)10(4)6-11/h5-8H,1-4H3. The van der Waals surface area contributed by atoms with Gasteiger partial charge in [0.05, 0.1) is 5.69 Å². The average molecular weight is 310 g/mol. The van der Waals surface area contributed by atoms with E-state index in [0.29, 0.717) is 5.92 Å². The molecule has 0 saturated heterocycles. The molecule has 17 heavy (non-hydrogen) atoms. The molecule has 0 bridgehead atoms. The van der Waals surface area contributed by atoms with Gasteiger partial charge in [0.25, 0.3) is 0 Å². The molecule has 0 fully saturated rings. The molecule has 0 atom stereocenters. The molecule has 0 saturated carbocycles. The highest BCUT2D eigenvalue weighted by Gasteiger charge is 2.09. The molecule has 0 aliphatic carbocycles. The molecule has 0 radical (unpaired) electrons. The van der Waals surface area contributed by atoms with Gasteiger partial charge in [0, 0.05) is 15.4 Å². The normalized spacial score (nSPS) is 11.2. The zero-order valence-electron chi connectivity index (χ0n) is 10.5. The smallest absolute Gasteiger partial charge is 0.123 e. The first-order valence-electron chi connectivity index (χ1n) is 5.71. The van der Waals surface area contributed by atoms with Gasteiger partial charge in [-0.25, -0.2) is 4.98 Å². The quantitative estimate of drug-likeness (QED) is 0.732. The Hall–Kier alpha value is -0.670. The molecule has 0 spiro atoms. The number of hydrogen-bond donors (Lipinski definition) is 0. The van der Waals surface area contributed by atoms with E-state index in [1.165, 1.54) is 26.9 Å². The molecule has 0 amide bonds. The van der Waals surface area contributed by atoms with Crippen LogP contribution < -0.4 is 0 Å². The maximum atomic E-state index is 4.70. The Morgan fingerprint density at radius 3 is 2.24 bits per heavy atom. The molecule has 0 aliphatic heterocycles. The topological polar surface area (TPSA) is 12.9 Å². The van der Waals surface area contributed by atoms with Crippen molar-refractivity contribution in [2.45, 2.75) is 33.6 Å². The van der Waals surface area contributed by atoms with E-state index in [0.717, 1.165) is 5.01 Å². The maximum absolute atomic E-state index is 4.70. The van der Waals surface area contributed by atoms with Crippen molar-refractivity contribution in [3.05, 3.63) is 38.8 Å². The van der Waals surface area contributed by atoms with Gasteiger partial charge in [-0.15, -0.1) is 11.3 Å². The summed E-state index contributed by atoms with van der Waals surface area (Å²) in [4.78, 5) is 4.70. The number of hydrogen-bond acceptors (Lipinski definition) is 2. The van der Waals surface area contributed by atoms with E-state index < -0.39 is 0 Å². The SMILES string of the molecule is Cc1cc(-c2nc(C(C)C)cs2)cc(C)c1Br. The van der Waals surface area contributed by atoms with E-state index in [1.54, 1.807) is 11.3 Å². The number of benzene rings is 1. The fraction of sp³-hybridized carbons (Fsp3) is 0.357. The fourth-order valence-electron chi connectivity index (χ4n) is 1.75. The van der Waals surface area contributed by atoms with Gasteiger partial charge >= 0.3 is 0 Å². The van der Waals surface area contributed by atoms with Gasteiger partial charge < -0.3 is 0 Å². The number of aromatic nitrogens is 1.